The van der Waals surface area contributed by atoms with E-state index in [0.29, 0.717) is 13.0 Å². The van der Waals surface area contributed by atoms with Gasteiger partial charge in [0.25, 0.3) is 0 Å². The van der Waals surface area contributed by atoms with Crippen molar-refractivity contribution in [3.63, 3.8) is 0 Å². The molecule has 132 valence electrons. The summed E-state index contributed by atoms with van der Waals surface area (Å²) in [6.45, 7) is 1.36. The summed E-state index contributed by atoms with van der Waals surface area (Å²) in [5, 5.41) is 18.3. The highest BCUT2D eigenvalue weighted by Gasteiger charge is 2.24. The summed E-state index contributed by atoms with van der Waals surface area (Å²) in [5.74, 6) is -0.0415. The molecule has 4 N–H and O–H groups in total. The van der Waals surface area contributed by atoms with Crippen LogP contribution in [0.15, 0.2) is 42.5 Å². The highest BCUT2D eigenvalue weighted by atomic mass is 35.5. The molecule has 0 spiro atoms. The van der Waals surface area contributed by atoms with Gasteiger partial charge in [-0.25, -0.2) is 0 Å². The van der Waals surface area contributed by atoms with E-state index in [4.69, 9.17) is 0 Å². The van der Waals surface area contributed by atoms with E-state index in [1.54, 1.807) is 0 Å². The Labute approximate surface area is 152 Å². The first-order chi connectivity index (χ1) is 11.7. The first kappa shape index (κ1) is 17.7. The molecule has 0 radical (unpaired) electrons. The quantitative estimate of drug-likeness (QED) is 0.578. The topological polar surface area (TPSA) is 77.2 Å². The summed E-state index contributed by atoms with van der Waals surface area (Å²) in [7, 11) is 0. The van der Waals surface area contributed by atoms with Crippen molar-refractivity contribution in [1.29, 1.82) is 0 Å². The molecule has 2 atom stereocenters. The van der Waals surface area contributed by atoms with Crippen molar-refractivity contribution >= 4 is 40.1 Å². The van der Waals surface area contributed by atoms with Crippen LogP contribution in [-0.4, -0.2) is 41.2 Å². The number of carbonyl (C=O) groups excluding carboxylic acids is 1. The number of piperidine rings is 1. The minimum Gasteiger partial charge on any atom is -0.390 e. The average molecular weight is 360 g/mol. The summed E-state index contributed by atoms with van der Waals surface area (Å²) < 4.78 is 0. The number of aliphatic hydroxyl groups is 1. The van der Waals surface area contributed by atoms with Crippen molar-refractivity contribution in [2.24, 2.45) is 0 Å². The average Bonchev–Trinajstić information content (AvgIpc) is 2.95. The van der Waals surface area contributed by atoms with Crippen LogP contribution in [0.2, 0.25) is 0 Å². The molecule has 1 aliphatic rings. The van der Waals surface area contributed by atoms with Crippen LogP contribution < -0.4 is 10.6 Å². The Kier molecular flexibility index (Phi) is 5.27. The van der Waals surface area contributed by atoms with Crippen molar-refractivity contribution in [3.05, 3.63) is 48.0 Å². The second-order valence-electron chi connectivity index (χ2n) is 6.46. The molecule has 4 rings (SSSR count). The number of carbonyl (C=O) groups is 1. The van der Waals surface area contributed by atoms with Crippen LogP contribution in [0.25, 0.3) is 21.8 Å². The van der Waals surface area contributed by atoms with Gasteiger partial charge in [0.05, 0.1) is 18.6 Å². The molecule has 6 heteroatoms. The van der Waals surface area contributed by atoms with E-state index in [9.17, 15) is 9.90 Å². The maximum absolute atomic E-state index is 12.3. The monoisotopic (exact) mass is 359 g/mol. The first-order valence-corrected chi connectivity index (χ1v) is 8.38. The zero-order chi connectivity index (χ0) is 16.5. The Morgan fingerprint density at radius 2 is 1.96 bits per heavy atom. The van der Waals surface area contributed by atoms with Gasteiger partial charge in [-0.1, -0.05) is 24.3 Å². The maximum Gasteiger partial charge on any atom is 0.224 e. The van der Waals surface area contributed by atoms with Crippen LogP contribution in [-0.2, 0) is 11.2 Å². The molecule has 5 nitrogen and oxygen atoms in total. The number of halogens is 1. The number of fused-ring (bicyclic) bond motifs is 3. The van der Waals surface area contributed by atoms with Crippen molar-refractivity contribution in [3.8, 4) is 0 Å². The van der Waals surface area contributed by atoms with Crippen LogP contribution in [0.1, 0.15) is 12.0 Å². The second kappa shape index (κ2) is 7.44. The van der Waals surface area contributed by atoms with Gasteiger partial charge in [-0.05, 0) is 36.7 Å². The van der Waals surface area contributed by atoms with Crippen molar-refractivity contribution in [2.75, 3.05) is 13.1 Å². The Hall–Kier alpha value is -2.08. The van der Waals surface area contributed by atoms with Crippen molar-refractivity contribution in [2.45, 2.75) is 25.0 Å². The second-order valence-corrected chi connectivity index (χ2v) is 6.46. The van der Waals surface area contributed by atoms with Gasteiger partial charge in [-0.3, -0.25) is 4.79 Å². The summed E-state index contributed by atoms with van der Waals surface area (Å²) in [6, 6.07) is 14.1. The lowest BCUT2D eigenvalue weighted by Crippen LogP contribution is -2.52. The van der Waals surface area contributed by atoms with E-state index in [-0.39, 0.29) is 24.4 Å². The predicted molar refractivity (Wildman–Crippen MR) is 102 cm³/mol. The SMILES string of the molecule is Cl.O=C(Cc1ccc2[nH]c3ccccc3c2c1)N[C@@H]1CCNC[C@H]1O. The number of aromatic amines is 1. The number of amides is 1. The molecule has 1 aromatic heterocycles. The number of hydrogen-bond donors (Lipinski definition) is 4. The fraction of sp³-hybridized carbons (Fsp3) is 0.316. The van der Waals surface area contributed by atoms with Gasteiger partial charge >= 0.3 is 0 Å². The molecule has 0 saturated carbocycles. The number of benzene rings is 2. The van der Waals surface area contributed by atoms with Gasteiger partial charge in [0.1, 0.15) is 0 Å². The molecule has 0 aliphatic carbocycles. The third-order valence-electron chi connectivity index (χ3n) is 4.73. The minimum absolute atomic E-state index is 0. The van der Waals surface area contributed by atoms with E-state index in [2.05, 4.69) is 33.8 Å². The fourth-order valence-corrected chi connectivity index (χ4v) is 3.46. The van der Waals surface area contributed by atoms with Crippen LogP contribution in [0.4, 0.5) is 0 Å². The number of hydrogen-bond acceptors (Lipinski definition) is 3. The highest BCUT2D eigenvalue weighted by molar-refractivity contribution is 6.07. The zero-order valence-electron chi connectivity index (χ0n) is 13.8. The summed E-state index contributed by atoms with van der Waals surface area (Å²) in [4.78, 5) is 15.7. The molecule has 3 aromatic rings. The number of aliphatic hydroxyl groups excluding tert-OH is 1. The lowest BCUT2D eigenvalue weighted by atomic mass is 10.0. The number of para-hydroxylation sites is 1. The molecular formula is C19H22ClN3O2. The molecule has 2 heterocycles. The Morgan fingerprint density at radius 3 is 2.80 bits per heavy atom. The summed E-state index contributed by atoms with van der Waals surface area (Å²) in [6.07, 6.45) is 0.569. The molecule has 25 heavy (non-hydrogen) atoms. The van der Waals surface area contributed by atoms with Crippen molar-refractivity contribution in [1.82, 2.24) is 15.6 Å². The van der Waals surface area contributed by atoms with Gasteiger partial charge in [-0.15, -0.1) is 12.4 Å². The number of β-amino-alcohol motifs (C(OH)–C–C–N with tert-alkyl or cyclic N) is 1. The Bertz CT molecular complexity index is 893. The van der Waals surface area contributed by atoms with E-state index < -0.39 is 6.10 Å². The van der Waals surface area contributed by atoms with E-state index in [1.807, 2.05) is 24.3 Å². The largest absolute Gasteiger partial charge is 0.390 e. The molecule has 0 bridgehead atoms. The predicted octanol–water partition coefficient (Wildman–Crippen LogP) is 2.12. The first-order valence-electron chi connectivity index (χ1n) is 8.38. The summed E-state index contributed by atoms with van der Waals surface area (Å²) in [5.41, 5.74) is 3.16. The van der Waals surface area contributed by atoms with Crippen LogP contribution in [0, 0.1) is 0 Å². The van der Waals surface area contributed by atoms with E-state index in [0.717, 1.165) is 34.9 Å². The van der Waals surface area contributed by atoms with Crippen LogP contribution >= 0.6 is 12.4 Å². The fourth-order valence-electron chi connectivity index (χ4n) is 3.46. The lowest BCUT2D eigenvalue weighted by Gasteiger charge is -2.29. The van der Waals surface area contributed by atoms with Crippen molar-refractivity contribution < 1.29 is 9.90 Å². The highest BCUT2D eigenvalue weighted by Crippen LogP contribution is 2.26. The maximum atomic E-state index is 12.3. The number of nitrogens with one attached hydrogen (secondary N) is 3. The molecule has 1 amide bonds. The number of H-pyrrole nitrogens is 1. The third kappa shape index (κ3) is 3.63. The van der Waals surface area contributed by atoms with Gasteiger partial charge in [0.2, 0.25) is 5.91 Å². The number of aromatic nitrogens is 1. The van der Waals surface area contributed by atoms with Crippen LogP contribution in [0.3, 0.4) is 0 Å². The lowest BCUT2D eigenvalue weighted by molar-refractivity contribution is -0.122. The molecule has 1 aliphatic heterocycles. The molecule has 0 unspecified atom stereocenters. The molecular weight excluding hydrogens is 338 g/mol. The Balaban J connectivity index is 0.00000182. The zero-order valence-corrected chi connectivity index (χ0v) is 14.6. The van der Waals surface area contributed by atoms with Crippen LogP contribution in [0.5, 0.6) is 0 Å². The Morgan fingerprint density at radius 1 is 1.16 bits per heavy atom. The smallest absolute Gasteiger partial charge is 0.224 e. The summed E-state index contributed by atoms with van der Waals surface area (Å²) >= 11 is 0. The normalized spacial score (nSPS) is 20.4. The van der Waals surface area contributed by atoms with E-state index >= 15 is 0 Å². The number of rotatable bonds is 3. The van der Waals surface area contributed by atoms with Gasteiger partial charge in [-0.2, -0.15) is 0 Å². The standard InChI is InChI=1S/C19H21N3O2.ClH/c23-18-11-20-8-7-17(18)22-19(24)10-12-5-6-16-14(9-12)13-3-1-2-4-15(13)21-16;/h1-6,9,17-18,20-21,23H,7-8,10-11H2,(H,22,24);1H/t17-,18-;/m1./s1. The van der Waals surface area contributed by atoms with Gasteiger partial charge < -0.3 is 20.7 Å². The minimum atomic E-state index is -0.515. The third-order valence-corrected chi connectivity index (χ3v) is 4.73. The van der Waals surface area contributed by atoms with E-state index in [1.165, 1.54) is 5.39 Å². The molecule has 1 saturated heterocycles. The molecule has 2 aromatic carbocycles. The van der Waals surface area contributed by atoms with Gasteiger partial charge in [0.15, 0.2) is 0 Å². The van der Waals surface area contributed by atoms with Gasteiger partial charge in [0, 0.05) is 28.4 Å². The molecule has 1 fully saturated rings.